The van der Waals surface area contributed by atoms with Crippen LogP contribution < -0.4 is 0 Å². The molecule has 4 heteroatoms. The minimum absolute atomic E-state index is 0.451. The van der Waals surface area contributed by atoms with Crippen molar-refractivity contribution in [2.24, 2.45) is 0 Å². The first kappa shape index (κ1) is 11.8. The lowest BCUT2D eigenvalue weighted by molar-refractivity contribution is -0.214. The largest absolute Gasteiger partial charge is 0.353 e. The Labute approximate surface area is 73.7 Å². The topological polar surface area (TPSA) is 36.9 Å². The molecule has 0 bridgehead atoms. The van der Waals surface area contributed by atoms with Crippen LogP contribution in [-0.4, -0.2) is 34.2 Å². The second-order valence-electron chi connectivity index (χ2n) is 2.50. The van der Waals surface area contributed by atoms with Crippen LogP contribution in [0.15, 0.2) is 0 Å². The van der Waals surface area contributed by atoms with Gasteiger partial charge in [0.05, 0.1) is 6.42 Å². The van der Waals surface area contributed by atoms with Crippen molar-refractivity contribution in [1.29, 1.82) is 0 Å². The van der Waals surface area contributed by atoms with E-state index in [0.29, 0.717) is 12.7 Å². The van der Waals surface area contributed by atoms with Crippen LogP contribution in [0.4, 0.5) is 0 Å². The van der Waals surface area contributed by atoms with E-state index in [1.165, 1.54) is 0 Å². The maximum Gasteiger partial charge on any atom is 0.228 e. The van der Waals surface area contributed by atoms with Crippen molar-refractivity contribution >= 4 is 0 Å². The standard InChI is InChI=1S/C8H17O4/c1-8(11-4,12-5)6-7(9-2)10-3/h6H2,1-5H3. The highest BCUT2D eigenvalue weighted by atomic mass is 16.7. The van der Waals surface area contributed by atoms with Gasteiger partial charge in [0.2, 0.25) is 6.29 Å². The molecule has 73 valence electrons. The Bertz CT molecular complexity index is 108. The van der Waals surface area contributed by atoms with Gasteiger partial charge in [-0.1, -0.05) is 0 Å². The molecule has 0 spiro atoms. The van der Waals surface area contributed by atoms with Crippen molar-refractivity contribution in [1.82, 2.24) is 0 Å². The molecule has 0 aliphatic heterocycles. The predicted molar refractivity (Wildman–Crippen MR) is 44.3 cm³/mol. The van der Waals surface area contributed by atoms with Crippen LogP contribution in [0.5, 0.6) is 0 Å². The molecular weight excluding hydrogens is 160 g/mol. The van der Waals surface area contributed by atoms with Gasteiger partial charge in [0, 0.05) is 28.4 Å². The number of hydrogen-bond donors (Lipinski definition) is 0. The smallest absolute Gasteiger partial charge is 0.228 e. The lowest BCUT2D eigenvalue weighted by Crippen LogP contribution is -2.32. The molecule has 0 unspecified atom stereocenters. The first-order chi connectivity index (χ1) is 5.61. The summed E-state index contributed by atoms with van der Waals surface area (Å²) in [6.45, 7) is 1.81. The highest BCUT2D eigenvalue weighted by Crippen LogP contribution is 2.23. The van der Waals surface area contributed by atoms with Crippen LogP contribution in [0, 0.1) is 6.29 Å². The number of hydrogen-bond acceptors (Lipinski definition) is 4. The SMILES string of the molecule is CO[C](CC(C)(OC)OC)OC. The first-order valence-corrected chi connectivity index (χ1v) is 3.66. The molecule has 1 radical (unpaired) electrons. The fourth-order valence-corrected chi connectivity index (χ4v) is 0.718. The average Bonchev–Trinajstić information content (AvgIpc) is 2.14. The van der Waals surface area contributed by atoms with Crippen LogP contribution >= 0.6 is 0 Å². The van der Waals surface area contributed by atoms with Gasteiger partial charge in [0.25, 0.3) is 0 Å². The van der Waals surface area contributed by atoms with Gasteiger partial charge in [-0.15, -0.1) is 0 Å². The van der Waals surface area contributed by atoms with Gasteiger partial charge < -0.3 is 18.9 Å². The number of rotatable bonds is 6. The van der Waals surface area contributed by atoms with E-state index in [0.717, 1.165) is 0 Å². The molecule has 0 heterocycles. The Morgan fingerprint density at radius 2 is 1.42 bits per heavy atom. The van der Waals surface area contributed by atoms with E-state index in [4.69, 9.17) is 18.9 Å². The van der Waals surface area contributed by atoms with E-state index >= 15 is 0 Å². The zero-order chi connectivity index (χ0) is 9.61. The summed E-state index contributed by atoms with van der Waals surface area (Å²) in [4.78, 5) is 0. The second kappa shape index (κ2) is 5.48. The molecule has 0 aromatic rings. The zero-order valence-corrected chi connectivity index (χ0v) is 8.34. The zero-order valence-electron chi connectivity index (χ0n) is 8.34. The van der Waals surface area contributed by atoms with Gasteiger partial charge in [-0.2, -0.15) is 0 Å². The van der Waals surface area contributed by atoms with Crippen molar-refractivity contribution in [2.45, 2.75) is 19.1 Å². The summed E-state index contributed by atoms with van der Waals surface area (Å²) in [6, 6.07) is 0. The summed E-state index contributed by atoms with van der Waals surface area (Å²) in [5.74, 6) is -0.679. The van der Waals surface area contributed by atoms with Gasteiger partial charge in [-0.25, -0.2) is 0 Å². The quantitative estimate of drug-likeness (QED) is 0.571. The Kier molecular flexibility index (Phi) is 5.41. The van der Waals surface area contributed by atoms with Gasteiger partial charge in [0.15, 0.2) is 5.79 Å². The normalized spacial score (nSPS) is 12.5. The van der Waals surface area contributed by atoms with E-state index in [2.05, 4.69) is 0 Å². The van der Waals surface area contributed by atoms with Crippen molar-refractivity contribution in [2.75, 3.05) is 28.4 Å². The van der Waals surface area contributed by atoms with Crippen LogP contribution in [0.3, 0.4) is 0 Å². The van der Waals surface area contributed by atoms with Crippen molar-refractivity contribution in [3.05, 3.63) is 6.29 Å². The van der Waals surface area contributed by atoms with Gasteiger partial charge in [-0.3, -0.25) is 0 Å². The molecule has 0 aromatic heterocycles. The van der Waals surface area contributed by atoms with E-state index in [1.54, 1.807) is 28.4 Å². The molecule has 4 nitrogen and oxygen atoms in total. The van der Waals surface area contributed by atoms with E-state index < -0.39 is 5.79 Å². The second-order valence-corrected chi connectivity index (χ2v) is 2.50. The van der Waals surface area contributed by atoms with Crippen LogP contribution in [0.1, 0.15) is 13.3 Å². The molecule has 0 atom stereocenters. The summed E-state index contributed by atoms with van der Waals surface area (Å²) in [5, 5.41) is 0. The molecule has 0 amide bonds. The molecule has 0 aromatic carbocycles. The molecule has 0 aliphatic rings. The van der Waals surface area contributed by atoms with Crippen molar-refractivity contribution < 1.29 is 18.9 Å². The summed E-state index contributed by atoms with van der Waals surface area (Å²) < 4.78 is 20.1. The summed E-state index contributed by atoms with van der Waals surface area (Å²) >= 11 is 0. The minimum atomic E-state index is -0.679. The molecule has 0 N–H and O–H groups in total. The third kappa shape index (κ3) is 3.49. The molecule has 0 saturated carbocycles. The third-order valence-electron chi connectivity index (χ3n) is 1.78. The molecule has 0 aliphatic carbocycles. The Hall–Kier alpha value is -0.160. The fraction of sp³-hybridized carbons (Fsp3) is 0.875. The average molecular weight is 177 g/mol. The summed E-state index contributed by atoms with van der Waals surface area (Å²) in [6.07, 6.45) is 0.939. The van der Waals surface area contributed by atoms with E-state index in [9.17, 15) is 0 Å². The molecule has 0 rings (SSSR count). The van der Waals surface area contributed by atoms with Crippen molar-refractivity contribution in [3.8, 4) is 0 Å². The monoisotopic (exact) mass is 177 g/mol. The third-order valence-corrected chi connectivity index (χ3v) is 1.78. The predicted octanol–water partition coefficient (Wildman–Crippen LogP) is 1.17. The number of methoxy groups -OCH3 is 4. The van der Waals surface area contributed by atoms with Crippen LogP contribution in [-0.2, 0) is 18.9 Å². The van der Waals surface area contributed by atoms with E-state index in [-0.39, 0.29) is 0 Å². The molecule has 0 fully saturated rings. The highest BCUT2D eigenvalue weighted by Gasteiger charge is 2.28. The summed E-state index contributed by atoms with van der Waals surface area (Å²) in [7, 11) is 6.24. The number of ether oxygens (including phenoxy) is 4. The summed E-state index contributed by atoms with van der Waals surface area (Å²) in [5.41, 5.74) is 0. The van der Waals surface area contributed by atoms with E-state index in [1.807, 2.05) is 6.92 Å². The van der Waals surface area contributed by atoms with Crippen molar-refractivity contribution in [3.63, 3.8) is 0 Å². The maximum atomic E-state index is 5.12. The fourth-order valence-electron chi connectivity index (χ4n) is 0.718. The minimum Gasteiger partial charge on any atom is -0.353 e. The van der Waals surface area contributed by atoms with Gasteiger partial charge >= 0.3 is 0 Å². The molecular formula is C8H17O4. The molecule has 12 heavy (non-hydrogen) atoms. The maximum absolute atomic E-state index is 5.12. The van der Waals surface area contributed by atoms with Gasteiger partial charge in [-0.05, 0) is 6.92 Å². The molecule has 0 saturated heterocycles. The Morgan fingerprint density at radius 1 is 1.00 bits per heavy atom. The van der Waals surface area contributed by atoms with Crippen LogP contribution in [0.25, 0.3) is 0 Å². The lowest BCUT2D eigenvalue weighted by atomic mass is 10.2. The van der Waals surface area contributed by atoms with Gasteiger partial charge in [0.1, 0.15) is 0 Å². The first-order valence-electron chi connectivity index (χ1n) is 3.66. The Morgan fingerprint density at radius 3 is 1.67 bits per heavy atom. The lowest BCUT2D eigenvalue weighted by Gasteiger charge is -2.28. The Balaban J connectivity index is 3.99. The van der Waals surface area contributed by atoms with Crippen LogP contribution in [0.2, 0.25) is 0 Å². The highest BCUT2D eigenvalue weighted by molar-refractivity contribution is 4.74.